The van der Waals surface area contributed by atoms with Crippen LogP contribution in [0.5, 0.6) is 5.75 Å². The molecule has 1 N–H and O–H groups in total. The minimum atomic E-state index is -4.08. The highest BCUT2D eigenvalue weighted by atomic mass is 32.2. The Morgan fingerprint density at radius 1 is 1.12 bits per heavy atom. The Balaban J connectivity index is 1.83. The van der Waals surface area contributed by atoms with Gasteiger partial charge in [0.2, 0.25) is 11.8 Å². The number of carbonyl (C=O) groups is 2. The third kappa shape index (κ3) is 3.85. The van der Waals surface area contributed by atoms with Gasteiger partial charge in [-0.1, -0.05) is 12.1 Å². The molecule has 0 unspecified atom stereocenters. The van der Waals surface area contributed by atoms with Crippen molar-refractivity contribution in [2.24, 2.45) is 0 Å². The molecule has 0 aliphatic carbocycles. The summed E-state index contributed by atoms with van der Waals surface area (Å²) >= 11 is 0. The molecule has 0 aromatic heterocycles. The van der Waals surface area contributed by atoms with Crippen molar-refractivity contribution in [3.63, 3.8) is 0 Å². The van der Waals surface area contributed by atoms with E-state index in [4.69, 9.17) is 4.18 Å². The van der Waals surface area contributed by atoms with Crippen molar-refractivity contribution in [2.45, 2.75) is 24.7 Å². The summed E-state index contributed by atoms with van der Waals surface area (Å²) in [6.07, 6.45) is 1.30. The lowest BCUT2D eigenvalue weighted by atomic mass is 10.3. The SMILES string of the molecule is CC(=O)Nc1ccccc1OS(=O)(=O)c1ccc(N2CCCC2=O)cc1. The van der Waals surface area contributed by atoms with Crippen molar-refractivity contribution in [1.29, 1.82) is 0 Å². The van der Waals surface area contributed by atoms with Crippen molar-refractivity contribution in [3.8, 4) is 5.75 Å². The van der Waals surface area contributed by atoms with Gasteiger partial charge in [-0.15, -0.1) is 0 Å². The van der Waals surface area contributed by atoms with Crippen molar-refractivity contribution >= 4 is 33.3 Å². The number of nitrogens with one attached hydrogen (secondary N) is 1. The first kappa shape index (κ1) is 17.9. The van der Waals surface area contributed by atoms with Gasteiger partial charge in [-0.3, -0.25) is 9.59 Å². The lowest BCUT2D eigenvalue weighted by Gasteiger charge is -2.16. The zero-order valence-electron chi connectivity index (χ0n) is 14.1. The number of hydrogen-bond donors (Lipinski definition) is 1. The Kier molecular flexibility index (Phi) is 4.94. The molecular weight excluding hydrogens is 356 g/mol. The van der Waals surface area contributed by atoms with E-state index in [9.17, 15) is 18.0 Å². The number of amides is 2. The number of hydrogen-bond acceptors (Lipinski definition) is 5. The van der Waals surface area contributed by atoms with E-state index in [1.807, 2.05) is 0 Å². The summed E-state index contributed by atoms with van der Waals surface area (Å²) in [5, 5.41) is 2.53. The van der Waals surface area contributed by atoms with Crippen molar-refractivity contribution in [1.82, 2.24) is 0 Å². The highest BCUT2D eigenvalue weighted by Crippen LogP contribution is 2.28. The zero-order chi connectivity index (χ0) is 18.7. The van der Waals surface area contributed by atoms with Crippen LogP contribution < -0.4 is 14.4 Å². The maximum Gasteiger partial charge on any atom is 0.339 e. The monoisotopic (exact) mass is 374 g/mol. The number of para-hydroxylation sites is 2. The standard InChI is InChI=1S/C18H18N2O5S/c1-13(21)19-16-5-2-3-6-17(16)25-26(23,24)15-10-8-14(9-11-15)20-12-4-7-18(20)22/h2-3,5-6,8-11H,4,7,12H2,1H3,(H,19,21). The number of anilines is 2. The first-order valence-electron chi connectivity index (χ1n) is 8.08. The van der Waals surface area contributed by atoms with E-state index in [-0.39, 0.29) is 28.1 Å². The van der Waals surface area contributed by atoms with E-state index >= 15 is 0 Å². The number of nitrogens with zero attached hydrogens (tertiary/aromatic N) is 1. The molecule has 26 heavy (non-hydrogen) atoms. The quantitative estimate of drug-likeness (QED) is 0.812. The van der Waals surface area contributed by atoms with E-state index in [0.29, 0.717) is 18.7 Å². The van der Waals surface area contributed by atoms with Gasteiger partial charge in [0.25, 0.3) is 0 Å². The van der Waals surface area contributed by atoms with Gasteiger partial charge in [0.15, 0.2) is 5.75 Å². The molecule has 136 valence electrons. The van der Waals surface area contributed by atoms with Crippen LogP contribution >= 0.6 is 0 Å². The van der Waals surface area contributed by atoms with Crippen LogP contribution in [-0.2, 0) is 19.7 Å². The Morgan fingerprint density at radius 3 is 2.42 bits per heavy atom. The third-order valence-electron chi connectivity index (χ3n) is 3.91. The predicted molar refractivity (Wildman–Crippen MR) is 96.6 cm³/mol. The van der Waals surface area contributed by atoms with Crippen molar-refractivity contribution in [3.05, 3.63) is 48.5 Å². The summed E-state index contributed by atoms with van der Waals surface area (Å²) in [5.74, 6) is -0.277. The molecule has 1 heterocycles. The molecule has 1 fully saturated rings. The molecule has 0 atom stereocenters. The summed E-state index contributed by atoms with van der Waals surface area (Å²) < 4.78 is 30.2. The highest BCUT2D eigenvalue weighted by molar-refractivity contribution is 7.87. The van der Waals surface area contributed by atoms with Gasteiger partial charge in [-0.2, -0.15) is 8.42 Å². The van der Waals surface area contributed by atoms with Gasteiger partial charge in [0.1, 0.15) is 4.90 Å². The fourth-order valence-electron chi connectivity index (χ4n) is 2.71. The minimum absolute atomic E-state index is 0.0288. The van der Waals surface area contributed by atoms with Gasteiger partial charge >= 0.3 is 10.1 Å². The lowest BCUT2D eigenvalue weighted by Crippen LogP contribution is -2.23. The van der Waals surface area contributed by atoms with Crippen LogP contribution in [0.15, 0.2) is 53.4 Å². The van der Waals surface area contributed by atoms with E-state index in [1.54, 1.807) is 35.2 Å². The molecule has 2 amide bonds. The maximum atomic E-state index is 12.5. The summed E-state index contributed by atoms with van der Waals surface area (Å²) in [6, 6.07) is 12.2. The average Bonchev–Trinajstić information content (AvgIpc) is 3.02. The molecule has 1 saturated heterocycles. The summed E-state index contributed by atoms with van der Waals surface area (Å²) in [5.41, 5.74) is 0.924. The van der Waals surface area contributed by atoms with Gasteiger partial charge in [0, 0.05) is 25.6 Å². The highest BCUT2D eigenvalue weighted by Gasteiger charge is 2.23. The third-order valence-corrected chi connectivity index (χ3v) is 5.16. The Hall–Kier alpha value is -2.87. The predicted octanol–water partition coefficient (Wildman–Crippen LogP) is 2.54. The van der Waals surface area contributed by atoms with Crippen LogP contribution in [-0.4, -0.2) is 26.8 Å². The van der Waals surface area contributed by atoms with Gasteiger partial charge in [-0.05, 0) is 42.8 Å². The first-order valence-corrected chi connectivity index (χ1v) is 9.49. The number of rotatable bonds is 5. The Bertz CT molecular complexity index is 938. The topological polar surface area (TPSA) is 92.8 Å². The molecule has 3 rings (SSSR count). The van der Waals surface area contributed by atoms with Crippen LogP contribution in [0, 0.1) is 0 Å². The minimum Gasteiger partial charge on any atom is -0.377 e. The fraction of sp³-hybridized carbons (Fsp3) is 0.222. The Morgan fingerprint density at radius 2 is 1.81 bits per heavy atom. The molecule has 0 saturated carbocycles. The summed E-state index contributed by atoms with van der Waals surface area (Å²) in [4.78, 5) is 24.6. The van der Waals surface area contributed by atoms with Crippen LogP contribution in [0.3, 0.4) is 0 Å². The maximum absolute atomic E-state index is 12.5. The molecule has 7 nitrogen and oxygen atoms in total. The fourth-order valence-corrected chi connectivity index (χ4v) is 3.66. The van der Waals surface area contributed by atoms with Crippen molar-refractivity contribution < 1.29 is 22.2 Å². The van der Waals surface area contributed by atoms with Crippen LogP contribution in [0.1, 0.15) is 19.8 Å². The average molecular weight is 374 g/mol. The molecule has 1 aliphatic heterocycles. The van der Waals surface area contributed by atoms with Gasteiger partial charge in [0.05, 0.1) is 5.69 Å². The zero-order valence-corrected chi connectivity index (χ0v) is 15.0. The molecule has 0 radical (unpaired) electrons. The van der Waals surface area contributed by atoms with E-state index < -0.39 is 10.1 Å². The summed E-state index contributed by atoms with van der Waals surface area (Å²) in [7, 11) is -4.08. The van der Waals surface area contributed by atoms with Crippen molar-refractivity contribution in [2.75, 3.05) is 16.8 Å². The lowest BCUT2D eigenvalue weighted by molar-refractivity contribution is -0.117. The van der Waals surface area contributed by atoms with Gasteiger partial charge in [-0.25, -0.2) is 0 Å². The van der Waals surface area contributed by atoms with E-state index in [2.05, 4.69) is 5.32 Å². The number of benzene rings is 2. The van der Waals surface area contributed by atoms with E-state index in [1.165, 1.54) is 25.1 Å². The first-order chi connectivity index (χ1) is 12.4. The molecule has 0 bridgehead atoms. The van der Waals surface area contributed by atoms with Crippen LogP contribution in [0.2, 0.25) is 0 Å². The summed E-state index contributed by atoms with van der Waals surface area (Å²) in [6.45, 7) is 1.95. The van der Waals surface area contributed by atoms with E-state index in [0.717, 1.165) is 6.42 Å². The molecule has 2 aromatic rings. The van der Waals surface area contributed by atoms with Gasteiger partial charge < -0.3 is 14.4 Å². The van der Waals surface area contributed by atoms with Crippen LogP contribution in [0.25, 0.3) is 0 Å². The largest absolute Gasteiger partial charge is 0.377 e. The molecule has 1 aliphatic rings. The normalized spacial score (nSPS) is 14.3. The van der Waals surface area contributed by atoms with Crippen LogP contribution in [0.4, 0.5) is 11.4 Å². The molecule has 0 spiro atoms. The Labute approximate surface area is 151 Å². The second-order valence-electron chi connectivity index (χ2n) is 5.86. The second kappa shape index (κ2) is 7.17. The second-order valence-corrected chi connectivity index (χ2v) is 7.40. The molecule has 8 heteroatoms. The molecular formula is C18H18N2O5S. The number of carbonyl (C=O) groups excluding carboxylic acids is 2. The smallest absolute Gasteiger partial charge is 0.339 e. The molecule has 2 aromatic carbocycles.